The van der Waals surface area contributed by atoms with Gasteiger partial charge in [0, 0.05) is 24.4 Å². The number of aromatic nitrogens is 2. The maximum Gasteiger partial charge on any atom is 0.256 e. The Morgan fingerprint density at radius 2 is 2.22 bits per heavy atom. The zero-order chi connectivity index (χ0) is 16.6. The van der Waals surface area contributed by atoms with Crippen LogP contribution in [0.15, 0.2) is 27.5 Å². The molecular weight excluding hydrogens is 294 g/mol. The quantitative estimate of drug-likeness (QED) is 0.944. The fourth-order valence-corrected chi connectivity index (χ4v) is 3.13. The zero-order valence-electron chi connectivity index (χ0n) is 13.6. The number of hydrogen-bond acceptors (Lipinski definition) is 4. The van der Waals surface area contributed by atoms with E-state index in [1.807, 2.05) is 31.7 Å². The normalized spacial score (nSPS) is 17.9. The molecule has 1 fully saturated rings. The average molecular weight is 315 g/mol. The molecule has 1 amide bonds. The van der Waals surface area contributed by atoms with Gasteiger partial charge in [0.15, 0.2) is 5.76 Å². The molecule has 0 saturated carbocycles. The van der Waals surface area contributed by atoms with Crippen molar-refractivity contribution in [2.75, 3.05) is 6.54 Å². The summed E-state index contributed by atoms with van der Waals surface area (Å²) in [4.78, 5) is 29.2. The molecule has 1 N–H and O–H groups in total. The minimum absolute atomic E-state index is 0.0661. The monoisotopic (exact) mass is 315 g/mol. The summed E-state index contributed by atoms with van der Waals surface area (Å²) in [5.74, 6) is 0.724. The van der Waals surface area contributed by atoms with E-state index < -0.39 is 0 Å². The van der Waals surface area contributed by atoms with Crippen LogP contribution in [0.2, 0.25) is 0 Å². The molecule has 23 heavy (non-hydrogen) atoms. The lowest BCUT2D eigenvalue weighted by molar-refractivity contribution is 0.0712. The molecule has 2 aromatic rings. The highest BCUT2D eigenvalue weighted by molar-refractivity contribution is 5.95. The van der Waals surface area contributed by atoms with Gasteiger partial charge >= 0.3 is 0 Å². The standard InChI is InChI=1S/C17H21N3O3/c1-10(2)16-12(6-7-15(21)18-16)17(22)20-8-4-5-13(20)14-9-11(3)19-23-14/h6-7,9-10,13H,4-5,8H2,1-3H3,(H,18,21). The number of amides is 1. The van der Waals surface area contributed by atoms with Crippen molar-refractivity contribution in [3.63, 3.8) is 0 Å². The Kier molecular flexibility index (Phi) is 4.07. The molecular formula is C17H21N3O3. The third-order valence-corrected chi connectivity index (χ3v) is 4.25. The second-order valence-corrected chi connectivity index (χ2v) is 6.33. The van der Waals surface area contributed by atoms with Gasteiger partial charge < -0.3 is 14.4 Å². The van der Waals surface area contributed by atoms with Gasteiger partial charge in [0.1, 0.15) is 0 Å². The number of hydrogen-bond donors (Lipinski definition) is 1. The van der Waals surface area contributed by atoms with Crippen molar-refractivity contribution in [1.29, 1.82) is 0 Å². The van der Waals surface area contributed by atoms with E-state index in [2.05, 4.69) is 10.1 Å². The molecule has 1 aliphatic heterocycles. The predicted molar refractivity (Wildman–Crippen MR) is 85.4 cm³/mol. The summed E-state index contributed by atoms with van der Waals surface area (Å²) < 4.78 is 5.36. The number of likely N-dealkylation sites (tertiary alicyclic amines) is 1. The van der Waals surface area contributed by atoms with Crippen LogP contribution in [0, 0.1) is 6.92 Å². The molecule has 6 heteroatoms. The number of carbonyl (C=O) groups excluding carboxylic acids is 1. The van der Waals surface area contributed by atoms with Crippen LogP contribution in [-0.2, 0) is 0 Å². The number of nitrogens with one attached hydrogen (secondary N) is 1. The summed E-state index contributed by atoms with van der Waals surface area (Å²) in [6, 6.07) is 4.82. The lowest BCUT2D eigenvalue weighted by Crippen LogP contribution is -2.32. The van der Waals surface area contributed by atoms with Crippen LogP contribution < -0.4 is 5.56 Å². The van der Waals surface area contributed by atoms with Crippen LogP contribution in [0.1, 0.15) is 66.2 Å². The summed E-state index contributed by atoms with van der Waals surface area (Å²) in [5.41, 5.74) is 1.87. The largest absolute Gasteiger partial charge is 0.359 e. The highest BCUT2D eigenvalue weighted by atomic mass is 16.5. The fourth-order valence-electron chi connectivity index (χ4n) is 3.13. The van der Waals surface area contributed by atoms with Crippen LogP contribution in [0.5, 0.6) is 0 Å². The minimum atomic E-state index is -0.186. The molecule has 1 saturated heterocycles. The summed E-state index contributed by atoms with van der Waals surface area (Å²) in [7, 11) is 0. The van der Waals surface area contributed by atoms with Gasteiger partial charge in [0.05, 0.1) is 17.3 Å². The first-order valence-electron chi connectivity index (χ1n) is 7.94. The van der Waals surface area contributed by atoms with Crippen LogP contribution in [-0.4, -0.2) is 27.5 Å². The van der Waals surface area contributed by atoms with Gasteiger partial charge in [-0.25, -0.2) is 0 Å². The van der Waals surface area contributed by atoms with Gasteiger partial charge in [-0.2, -0.15) is 0 Å². The topological polar surface area (TPSA) is 79.2 Å². The van der Waals surface area contributed by atoms with E-state index in [0.717, 1.165) is 24.3 Å². The molecule has 3 heterocycles. The van der Waals surface area contributed by atoms with Gasteiger partial charge in [0.25, 0.3) is 5.91 Å². The fraction of sp³-hybridized carbons (Fsp3) is 0.471. The molecule has 1 atom stereocenters. The van der Waals surface area contributed by atoms with Gasteiger partial charge in [-0.3, -0.25) is 9.59 Å². The lowest BCUT2D eigenvalue weighted by atomic mass is 10.0. The Morgan fingerprint density at radius 1 is 1.43 bits per heavy atom. The smallest absolute Gasteiger partial charge is 0.256 e. The van der Waals surface area contributed by atoms with E-state index >= 15 is 0 Å². The van der Waals surface area contributed by atoms with E-state index in [4.69, 9.17) is 4.52 Å². The predicted octanol–water partition coefficient (Wildman–Crippen LogP) is 2.77. The van der Waals surface area contributed by atoms with Gasteiger partial charge in [-0.1, -0.05) is 19.0 Å². The van der Waals surface area contributed by atoms with Crippen LogP contribution in [0.4, 0.5) is 0 Å². The Bertz CT molecular complexity index is 775. The van der Waals surface area contributed by atoms with Crippen molar-refractivity contribution < 1.29 is 9.32 Å². The molecule has 0 bridgehead atoms. The highest BCUT2D eigenvalue weighted by Crippen LogP contribution is 2.34. The van der Waals surface area contributed by atoms with Gasteiger partial charge in [-0.05, 0) is 31.7 Å². The number of nitrogens with zero attached hydrogens (tertiary/aromatic N) is 2. The Balaban J connectivity index is 1.95. The molecule has 122 valence electrons. The summed E-state index contributed by atoms with van der Waals surface area (Å²) in [5, 5.41) is 3.92. The van der Waals surface area contributed by atoms with Gasteiger partial charge in [0.2, 0.25) is 5.56 Å². The summed E-state index contributed by atoms with van der Waals surface area (Å²) in [6.45, 7) is 6.47. The van der Waals surface area contributed by atoms with E-state index in [1.54, 1.807) is 6.07 Å². The third-order valence-electron chi connectivity index (χ3n) is 4.25. The average Bonchev–Trinajstić information content (AvgIpc) is 3.14. The second-order valence-electron chi connectivity index (χ2n) is 6.33. The highest BCUT2D eigenvalue weighted by Gasteiger charge is 2.34. The molecule has 2 aromatic heterocycles. The first kappa shape index (κ1) is 15.5. The Hall–Kier alpha value is -2.37. The minimum Gasteiger partial charge on any atom is -0.359 e. The van der Waals surface area contributed by atoms with Crippen molar-refractivity contribution in [3.05, 3.63) is 51.3 Å². The molecule has 1 aliphatic rings. The van der Waals surface area contributed by atoms with Crippen molar-refractivity contribution >= 4 is 5.91 Å². The van der Waals surface area contributed by atoms with Crippen molar-refractivity contribution in [2.24, 2.45) is 0 Å². The number of pyridine rings is 1. The van der Waals surface area contributed by atoms with Crippen molar-refractivity contribution in [2.45, 2.75) is 45.6 Å². The van der Waals surface area contributed by atoms with E-state index in [1.165, 1.54) is 6.07 Å². The van der Waals surface area contributed by atoms with Crippen LogP contribution >= 0.6 is 0 Å². The second kappa shape index (κ2) is 6.02. The first-order valence-corrected chi connectivity index (χ1v) is 7.94. The zero-order valence-corrected chi connectivity index (χ0v) is 13.6. The van der Waals surface area contributed by atoms with E-state index in [9.17, 15) is 9.59 Å². The van der Waals surface area contributed by atoms with E-state index in [0.29, 0.717) is 17.8 Å². The molecule has 3 rings (SSSR count). The number of aromatic amines is 1. The Labute approximate surface area is 134 Å². The molecule has 1 unspecified atom stereocenters. The van der Waals surface area contributed by atoms with Crippen molar-refractivity contribution in [3.8, 4) is 0 Å². The molecule has 0 radical (unpaired) electrons. The number of rotatable bonds is 3. The van der Waals surface area contributed by atoms with Gasteiger partial charge in [-0.15, -0.1) is 0 Å². The number of aryl methyl sites for hydroxylation is 1. The number of H-pyrrole nitrogens is 1. The van der Waals surface area contributed by atoms with Crippen LogP contribution in [0.3, 0.4) is 0 Å². The third kappa shape index (κ3) is 2.93. The van der Waals surface area contributed by atoms with Crippen LogP contribution in [0.25, 0.3) is 0 Å². The maximum atomic E-state index is 13.0. The summed E-state index contributed by atoms with van der Waals surface area (Å²) >= 11 is 0. The first-order chi connectivity index (χ1) is 11.0. The van der Waals surface area contributed by atoms with Crippen molar-refractivity contribution in [1.82, 2.24) is 15.0 Å². The number of carbonyl (C=O) groups is 1. The Morgan fingerprint density at radius 3 is 2.87 bits per heavy atom. The molecule has 0 aromatic carbocycles. The SMILES string of the molecule is Cc1cc(C2CCCN2C(=O)c2ccc(=O)[nH]c2C(C)C)on1. The maximum absolute atomic E-state index is 13.0. The molecule has 6 nitrogen and oxygen atoms in total. The summed E-state index contributed by atoms with van der Waals surface area (Å²) in [6.07, 6.45) is 1.79. The molecule has 0 aliphatic carbocycles. The van der Waals surface area contributed by atoms with E-state index in [-0.39, 0.29) is 23.4 Å². The molecule has 0 spiro atoms. The lowest BCUT2D eigenvalue weighted by Gasteiger charge is -2.24.